The van der Waals surface area contributed by atoms with Gasteiger partial charge in [0.2, 0.25) is 0 Å². The number of hydrogen-bond acceptors (Lipinski definition) is 2. The van der Waals surface area contributed by atoms with Crippen LogP contribution in [0.15, 0.2) is 10.5 Å². The Balaban J connectivity index is 3.25. The van der Waals surface area contributed by atoms with Crippen molar-refractivity contribution in [1.29, 1.82) is 5.26 Å². The fraction of sp³-hybridized carbons (Fsp3) is 0.333. The highest BCUT2D eigenvalue weighted by Gasteiger charge is 2.15. The summed E-state index contributed by atoms with van der Waals surface area (Å²) in [5.74, 6) is 0. The van der Waals surface area contributed by atoms with Crippen molar-refractivity contribution in [3.63, 3.8) is 0 Å². The first kappa shape index (κ1) is 12.5. The molecule has 0 N–H and O–H groups in total. The summed E-state index contributed by atoms with van der Waals surface area (Å²) in [4.78, 5) is 3.79. The average molecular weight is 340 g/mol. The molecule has 0 aliphatic heterocycles. The van der Waals surface area contributed by atoms with Crippen LogP contribution in [-0.4, -0.2) is 4.98 Å². The highest BCUT2D eigenvalue weighted by molar-refractivity contribution is 9.10. The van der Waals surface area contributed by atoms with E-state index in [0.29, 0.717) is 21.1 Å². The van der Waals surface area contributed by atoms with Gasteiger partial charge >= 0.3 is 0 Å². The van der Waals surface area contributed by atoms with Crippen molar-refractivity contribution >= 4 is 31.9 Å². The SMILES string of the molecule is N#CCc1c(Br)cc(C(F)F)nc1CBr. The lowest BCUT2D eigenvalue weighted by atomic mass is 10.1. The zero-order valence-corrected chi connectivity index (χ0v) is 10.6. The van der Waals surface area contributed by atoms with Gasteiger partial charge in [-0.2, -0.15) is 5.26 Å². The van der Waals surface area contributed by atoms with E-state index in [1.165, 1.54) is 6.07 Å². The van der Waals surface area contributed by atoms with Crippen LogP contribution in [0.3, 0.4) is 0 Å². The zero-order chi connectivity index (χ0) is 11.4. The van der Waals surface area contributed by atoms with Gasteiger partial charge in [-0.05, 0) is 6.07 Å². The topological polar surface area (TPSA) is 36.7 Å². The van der Waals surface area contributed by atoms with Crippen LogP contribution in [0.5, 0.6) is 0 Å². The summed E-state index contributed by atoms with van der Waals surface area (Å²) in [5, 5.41) is 8.93. The van der Waals surface area contributed by atoms with Crippen molar-refractivity contribution < 1.29 is 8.78 Å². The van der Waals surface area contributed by atoms with Crippen LogP contribution in [0.2, 0.25) is 0 Å². The van der Waals surface area contributed by atoms with E-state index in [1.807, 2.05) is 6.07 Å². The molecule has 0 aliphatic rings. The maximum Gasteiger partial charge on any atom is 0.280 e. The Morgan fingerprint density at radius 2 is 2.20 bits per heavy atom. The Bertz CT molecular complexity index is 402. The largest absolute Gasteiger partial charge is 0.280 e. The Morgan fingerprint density at radius 3 is 2.67 bits per heavy atom. The summed E-state index contributed by atoms with van der Waals surface area (Å²) in [6.07, 6.45) is -2.45. The van der Waals surface area contributed by atoms with Crippen LogP contribution in [0, 0.1) is 11.3 Å². The molecular formula is C9H6Br2F2N2. The molecule has 0 spiro atoms. The van der Waals surface area contributed by atoms with Gasteiger partial charge in [-0.25, -0.2) is 8.78 Å². The molecule has 0 aliphatic carbocycles. The molecule has 1 aromatic heterocycles. The molecule has 0 bridgehead atoms. The first-order chi connectivity index (χ1) is 7.10. The summed E-state index contributed by atoms with van der Waals surface area (Å²) in [6, 6.07) is 3.22. The van der Waals surface area contributed by atoms with E-state index in [-0.39, 0.29) is 12.1 Å². The molecule has 1 rings (SSSR count). The highest BCUT2D eigenvalue weighted by atomic mass is 79.9. The fourth-order valence-corrected chi connectivity index (χ4v) is 2.17. The molecule has 2 nitrogen and oxygen atoms in total. The summed E-state index contributed by atoms with van der Waals surface area (Å²) in [5.41, 5.74) is 0.845. The second-order valence-electron chi connectivity index (χ2n) is 2.72. The van der Waals surface area contributed by atoms with Crippen molar-refractivity contribution in [3.05, 3.63) is 27.5 Å². The molecule has 15 heavy (non-hydrogen) atoms. The van der Waals surface area contributed by atoms with E-state index in [2.05, 4.69) is 36.8 Å². The Labute approximate surface area is 103 Å². The van der Waals surface area contributed by atoms with Crippen molar-refractivity contribution in [2.45, 2.75) is 18.2 Å². The molecule has 0 saturated heterocycles. The van der Waals surface area contributed by atoms with E-state index in [1.54, 1.807) is 0 Å². The number of alkyl halides is 3. The van der Waals surface area contributed by atoms with Crippen LogP contribution in [-0.2, 0) is 11.8 Å². The number of nitriles is 1. The van der Waals surface area contributed by atoms with Crippen LogP contribution in [0.1, 0.15) is 23.4 Å². The highest BCUT2D eigenvalue weighted by Crippen LogP contribution is 2.27. The van der Waals surface area contributed by atoms with Crippen molar-refractivity contribution in [2.24, 2.45) is 0 Å². The molecule has 0 radical (unpaired) electrons. The van der Waals surface area contributed by atoms with Gasteiger partial charge in [0.1, 0.15) is 5.69 Å². The average Bonchev–Trinajstić information content (AvgIpc) is 2.20. The van der Waals surface area contributed by atoms with Crippen LogP contribution in [0.25, 0.3) is 0 Å². The number of rotatable bonds is 3. The maximum absolute atomic E-state index is 12.4. The molecule has 1 aromatic rings. The molecule has 0 saturated carbocycles. The number of nitrogens with zero attached hydrogens (tertiary/aromatic N) is 2. The first-order valence-corrected chi connectivity index (χ1v) is 5.90. The minimum absolute atomic E-state index is 0.151. The number of pyridine rings is 1. The Kier molecular flexibility index (Phi) is 4.61. The molecule has 1 heterocycles. The number of hydrogen-bond donors (Lipinski definition) is 0. The second kappa shape index (κ2) is 5.52. The van der Waals surface area contributed by atoms with Crippen LogP contribution >= 0.6 is 31.9 Å². The maximum atomic E-state index is 12.4. The predicted molar refractivity (Wildman–Crippen MR) is 58.8 cm³/mol. The molecule has 0 amide bonds. The summed E-state index contributed by atoms with van der Waals surface area (Å²) in [7, 11) is 0. The van der Waals surface area contributed by atoms with Gasteiger partial charge in [0.25, 0.3) is 6.43 Å². The third-order valence-corrected chi connectivity index (χ3v) is 3.02. The fourth-order valence-electron chi connectivity index (χ4n) is 1.10. The van der Waals surface area contributed by atoms with Gasteiger partial charge < -0.3 is 0 Å². The number of halogens is 4. The third kappa shape index (κ3) is 2.95. The second-order valence-corrected chi connectivity index (χ2v) is 4.14. The molecular weight excluding hydrogens is 334 g/mol. The molecule has 0 aromatic carbocycles. The lowest BCUT2D eigenvalue weighted by Crippen LogP contribution is -2.01. The lowest BCUT2D eigenvalue weighted by molar-refractivity contribution is 0.145. The summed E-state index contributed by atoms with van der Waals surface area (Å²) < 4.78 is 25.3. The van der Waals surface area contributed by atoms with E-state index < -0.39 is 6.43 Å². The standard InChI is InChI=1S/C9H6Br2F2N2/c10-4-8-5(1-2-14)6(11)3-7(15-8)9(12)13/h3,9H,1,4H2. The van der Waals surface area contributed by atoms with Gasteiger partial charge in [-0.1, -0.05) is 31.9 Å². The normalized spacial score (nSPS) is 10.4. The van der Waals surface area contributed by atoms with Gasteiger partial charge in [-0.15, -0.1) is 0 Å². The Morgan fingerprint density at radius 1 is 1.53 bits per heavy atom. The molecule has 0 fully saturated rings. The Hall–Kier alpha value is -0.540. The van der Waals surface area contributed by atoms with E-state index in [9.17, 15) is 8.78 Å². The summed E-state index contributed by atoms with van der Waals surface area (Å²) in [6.45, 7) is 0. The van der Waals surface area contributed by atoms with Crippen molar-refractivity contribution in [1.82, 2.24) is 4.98 Å². The van der Waals surface area contributed by atoms with E-state index >= 15 is 0 Å². The summed E-state index contributed by atoms with van der Waals surface area (Å²) >= 11 is 6.32. The molecule has 6 heteroatoms. The van der Waals surface area contributed by atoms with E-state index in [0.717, 1.165) is 0 Å². The van der Waals surface area contributed by atoms with Gasteiger partial charge in [-0.3, -0.25) is 4.98 Å². The lowest BCUT2D eigenvalue weighted by Gasteiger charge is -2.08. The van der Waals surface area contributed by atoms with Crippen LogP contribution < -0.4 is 0 Å². The number of aromatic nitrogens is 1. The minimum Gasteiger partial charge on any atom is -0.251 e. The molecule has 0 atom stereocenters. The van der Waals surface area contributed by atoms with Crippen molar-refractivity contribution in [2.75, 3.05) is 0 Å². The molecule has 0 unspecified atom stereocenters. The molecule has 80 valence electrons. The quantitative estimate of drug-likeness (QED) is 0.786. The first-order valence-electron chi connectivity index (χ1n) is 3.99. The third-order valence-electron chi connectivity index (χ3n) is 1.78. The van der Waals surface area contributed by atoms with Gasteiger partial charge in [0, 0.05) is 15.4 Å². The minimum atomic E-state index is -2.60. The van der Waals surface area contributed by atoms with Crippen LogP contribution in [0.4, 0.5) is 8.78 Å². The van der Waals surface area contributed by atoms with E-state index in [4.69, 9.17) is 5.26 Å². The monoisotopic (exact) mass is 338 g/mol. The smallest absolute Gasteiger partial charge is 0.251 e. The predicted octanol–water partition coefficient (Wildman–Crippen LogP) is 3.74. The van der Waals surface area contributed by atoms with Gasteiger partial charge in [0.15, 0.2) is 0 Å². The van der Waals surface area contributed by atoms with Crippen molar-refractivity contribution in [3.8, 4) is 6.07 Å². The van der Waals surface area contributed by atoms with Gasteiger partial charge in [0.05, 0.1) is 18.2 Å². The zero-order valence-electron chi connectivity index (χ0n) is 7.48.